The summed E-state index contributed by atoms with van der Waals surface area (Å²) in [6.07, 6.45) is 1.22. The molecular formula is C19H19N5O2S. The van der Waals surface area contributed by atoms with E-state index in [4.69, 9.17) is 0 Å². The summed E-state index contributed by atoms with van der Waals surface area (Å²) in [6, 6.07) is 5.88. The lowest BCUT2D eigenvalue weighted by Gasteiger charge is -2.17. The first-order chi connectivity index (χ1) is 12.9. The van der Waals surface area contributed by atoms with Gasteiger partial charge in [0.05, 0.1) is 17.0 Å². The number of fused-ring (bicyclic) bond motifs is 1. The molecule has 8 heteroatoms. The predicted octanol–water partition coefficient (Wildman–Crippen LogP) is 3.30. The maximum absolute atomic E-state index is 12.6. The topological polar surface area (TPSA) is 88.9 Å². The molecule has 0 spiro atoms. The van der Waals surface area contributed by atoms with Gasteiger partial charge in [0.2, 0.25) is 5.91 Å². The van der Waals surface area contributed by atoms with Crippen LogP contribution in [0.1, 0.15) is 33.7 Å². The zero-order valence-corrected chi connectivity index (χ0v) is 16.1. The molecule has 3 heterocycles. The van der Waals surface area contributed by atoms with E-state index in [-0.39, 0.29) is 11.8 Å². The summed E-state index contributed by atoms with van der Waals surface area (Å²) in [5.74, 6) is -0.151. The average molecular weight is 381 g/mol. The van der Waals surface area contributed by atoms with Crippen LogP contribution in [-0.4, -0.2) is 26.6 Å². The molecule has 2 aromatic heterocycles. The lowest BCUT2D eigenvalue weighted by atomic mass is 9.99. The van der Waals surface area contributed by atoms with E-state index in [1.165, 1.54) is 11.3 Å². The summed E-state index contributed by atoms with van der Waals surface area (Å²) in [7, 11) is 1.82. The van der Waals surface area contributed by atoms with Gasteiger partial charge in [-0.05, 0) is 38.0 Å². The Balaban J connectivity index is 1.55. The third-order valence-corrected chi connectivity index (χ3v) is 5.51. The molecule has 0 saturated carbocycles. The molecule has 0 aliphatic carbocycles. The number of nitrogens with one attached hydrogen (secondary N) is 2. The number of aromatic nitrogens is 3. The minimum absolute atomic E-state index is 0.0508. The van der Waals surface area contributed by atoms with Gasteiger partial charge in [-0.3, -0.25) is 19.6 Å². The van der Waals surface area contributed by atoms with Crippen molar-refractivity contribution in [3.8, 4) is 11.3 Å². The molecule has 2 amide bonds. The number of aryl methyl sites for hydroxylation is 3. The molecule has 0 fully saturated rings. The van der Waals surface area contributed by atoms with Crippen molar-refractivity contribution >= 4 is 34.0 Å². The van der Waals surface area contributed by atoms with Crippen LogP contribution >= 0.6 is 11.3 Å². The van der Waals surface area contributed by atoms with E-state index < -0.39 is 0 Å². The molecule has 1 aliphatic rings. The molecule has 0 unspecified atom stereocenters. The van der Waals surface area contributed by atoms with Gasteiger partial charge in [-0.1, -0.05) is 6.07 Å². The summed E-state index contributed by atoms with van der Waals surface area (Å²) in [4.78, 5) is 28.6. The number of nitrogens with zero attached hydrogens (tertiary/aromatic N) is 3. The van der Waals surface area contributed by atoms with Gasteiger partial charge in [0, 0.05) is 35.8 Å². The third kappa shape index (κ3) is 3.23. The van der Waals surface area contributed by atoms with Crippen LogP contribution in [0.25, 0.3) is 11.3 Å². The van der Waals surface area contributed by atoms with Crippen LogP contribution in [-0.2, 0) is 18.3 Å². The van der Waals surface area contributed by atoms with Gasteiger partial charge in [0.15, 0.2) is 5.13 Å². The molecule has 0 saturated heterocycles. The van der Waals surface area contributed by atoms with E-state index in [9.17, 15) is 9.59 Å². The highest BCUT2D eigenvalue weighted by molar-refractivity contribution is 7.14. The minimum atomic E-state index is -0.202. The summed E-state index contributed by atoms with van der Waals surface area (Å²) in [5.41, 5.74) is 5.83. The zero-order valence-electron chi connectivity index (χ0n) is 15.3. The quantitative estimate of drug-likeness (QED) is 0.728. The summed E-state index contributed by atoms with van der Waals surface area (Å²) < 4.78 is 1.70. The SMILES string of the molecule is Cc1nn(C)c(C)c1C(=O)Nc1nc(-c2ccc3c(c2)CCC(=O)N3)cs1. The molecular weight excluding hydrogens is 362 g/mol. The first-order valence-electron chi connectivity index (χ1n) is 8.62. The van der Waals surface area contributed by atoms with Gasteiger partial charge in [-0.15, -0.1) is 11.3 Å². The van der Waals surface area contributed by atoms with Gasteiger partial charge < -0.3 is 5.32 Å². The maximum Gasteiger partial charge on any atom is 0.261 e. The fourth-order valence-electron chi connectivity index (χ4n) is 3.27. The zero-order chi connectivity index (χ0) is 19.1. The molecule has 0 radical (unpaired) electrons. The monoisotopic (exact) mass is 381 g/mol. The summed E-state index contributed by atoms with van der Waals surface area (Å²) in [6.45, 7) is 3.69. The normalized spacial score (nSPS) is 13.2. The Morgan fingerprint density at radius 3 is 2.85 bits per heavy atom. The average Bonchev–Trinajstić information content (AvgIpc) is 3.19. The van der Waals surface area contributed by atoms with Crippen molar-refractivity contribution < 1.29 is 9.59 Å². The highest BCUT2D eigenvalue weighted by Crippen LogP contribution is 2.30. The highest BCUT2D eigenvalue weighted by Gasteiger charge is 2.19. The molecule has 3 aromatic rings. The van der Waals surface area contributed by atoms with Crippen LogP contribution in [0.15, 0.2) is 23.6 Å². The number of hydrogen-bond acceptors (Lipinski definition) is 5. The van der Waals surface area contributed by atoms with Crippen LogP contribution in [0.5, 0.6) is 0 Å². The second-order valence-corrected chi connectivity index (χ2v) is 7.44. The molecule has 1 aromatic carbocycles. The first-order valence-corrected chi connectivity index (χ1v) is 9.50. The van der Waals surface area contributed by atoms with Crippen molar-refractivity contribution in [3.63, 3.8) is 0 Å². The predicted molar refractivity (Wildman–Crippen MR) is 105 cm³/mol. The smallest absolute Gasteiger partial charge is 0.261 e. The second-order valence-electron chi connectivity index (χ2n) is 6.58. The third-order valence-electron chi connectivity index (χ3n) is 4.76. The van der Waals surface area contributed by atoms with E-state index >= 15 is 0 Å². The molecule has 7 nitrogen and oxygen atoms in total. The molecule has 1 aliphatic heterocycles. The molecule has 4 rings (SSSR count). The number of anilines is 2. The largest absolute Gasteiger partial charge is 0.326 e. The van der Waals surface area contributed by atoms with Crippen molar-refractivity contribution in [3.05, 3.63) is 46.1 Å². The Bertz CT molecular complexity index is 1070. The number of hydrogen-bond donors (Lipinski definition) is 2. The maximum atomic E-state index is 12.6. The van der Waals surface area contributed by atoms with Gasteiger partial charge in [0.1, 0.15) is 0 Å². The Morgan fingerprint density at radius 1 is 1.30 bits per heavy atom. The number of benzene rings is 1. The Labute approximate surface area is 160 Å². The number of thiazole rings is 1. The van der Waals surface area contributed by atoms with E-state index in [0.717, 1.165) is 34.6 Å². The first kappa shape index (κ1) is 17.4. The molecule has 0 bridgehead atoms. The summed E-state index contributed by atoms with van der Waals surface area (Å²) in [5, 5.41) is 12.5. The van der Waals surface area contributed by atoms with Crippen molar-refractivity contribution in [2.24, 2.45) is 7.05 Å². The van der Waals surface area contributed by atoms with Crippen LogP contribution in [0.2, 0.25) is 0 Å². The second kappa shape index (κ2) is 6.62. The van der Waals surface area contributed by atoms with Crippen molar-refractivity contribution in [2.45, 2.75) is 26.7 Å². The van der Waals surface area contributed by atoms with Crippen LogP contribution in [0.3, 0.4) is 0 Å². The van der Waals surface area contributed by atoms with Gasteiger partial charge in [-0.25, -0.2) is 4.98 Å². The highest BCUT2D eigenvalue weighted by atomic mass is 32.1. The van der Waals surface area contributed by atoms with Crippen molar-refractivity contribution in [1.29, 1.82) is 0 Å². The van der Waals surface area contributed by atoms with E-state index in [1.54, 1.807) is 4.68 Å². The fourth-order valence-corrected chi connectivity index (χ4v) is 3.98. The van der Waals surface area contributed by atoms with Gasteiger partial charge >= 0.3 is 0 Å². The Kier molecular flexibility index (Phi) is 4.27. The standard InChI is InChI=1S/C19H19N5O2S/c1-10-17(11(2)24(3)23-10)18(26)22-19-21-15(9-27-19)13-4-6-14-12(8-13)5-7-16(25)20-14/h4,6,8-9H,5,7H2,1-3H3,(H,20,25)(H,21,22,26). The molecule has 0 atom stereocenters. The lowest BCUT2D eigenvalue weighted by Crippen LogP contribution is -2.18. The van der Waals surface area contributed by atoms with Crippen LogP contribution in [0, 0.1) is 13.8 Å². The number of carbonyl (C=O) groups excluding carboxylic acids is 2. The number of amides is 2. The van der Waals surface area contributed by atoms with E-state index in [2.05, 4.69) is 20.7 Å². The van der Waals surface area contributed by atoms with Gasteiger partial charge in [0.25, 0.3) is 5.91 Å². The number of rotatable bonds is 3. The van der Waals surface area contributed by atoms with E-state index in [0.29, 0.717) is 22.8 Å². The van der Waals surface area contributed by atoms with Crippen molar-refractivity contribution in [2.75, 3.05) is 10.6 Å². The summed E-state index contributed by atoms with van der Waals surface area (Å²) >= 11 is 1.38. The number of carbonyl (C=O) groups is 2. The Morgan fingerprint density at radius 2 is 2.11 bits per heavy atom. The lowest BCUT2D eigenvalue weighted by molar-refractivity contribution is -0.116. The molecule has 2 N–H and O–H groups in total. The van der Waals surface area contributed by atoms with Crippen LogP contribution in [0.4, 0.5) is 10.8 Å². The van der Waals surface area contributed by atoms with Crippen molar-refractivity contribution in [1.82, 2.24) is 14.8 Å². The molecule has 138 valence electrons. The molecule has 27 heavy (non-hydrogen) atoms. The minimum Gasteiger partial charge on any atom is -0.326 e. The van der Waals surface area contributed by atoms with Crippen LogP contribution < -0.4 is 10.6 Å². The van der Waals surface area contributed by atoms with E-state index in [1.807, 2.05) is 44.5 Å². The fraction of sp³-hybridized carbons (Fsp3) is 0.263. The van der Waals surface area contributed by atoms with Gasteiger partial charge in [-0.2, -0.15) is 5.10 Å². The Hall–Kier alpha value is -3.00.